The largest absolute Gasteiger partial charge is 0.382 e. The first-order valence-corrected chi connectivity index (χ1v) is 2.77. The first-order valence-electron chi connectivity index (χ1n) is 2.77. The Labute approximate surface area is 57.0 Å². The van der Waals surface area contributed by atoms with Gasteiger partial charge in [-0.2, -0.15) is 5.12 Å². The average Bonchev–Trinajstić information content (AvgIpc) is 2.33. The summed E-state index contributed by atoms with van der Waals surface area (Å²) >= 11 is 0. The van der Waals surface area contributed by atoms with Gasteiger partial charge < -0.3 is 5.73 Å². The first-order chi connectivity index (χ1) is 4.86. The number of rotatable bonds is 0. The number of nitrogens with two attached hydrogens (primary N) is 1. The van der Waals surface area contributed by atoms with Gasteiger partial charge in [0, 0.05) is 0 Å². The maximum Gasteiger partial charge on any atom is 0.189 e. The van der Waals surface area contributed by atoms with Crippen LogP contribution in [0, 0.1) is 0 Å². The number of hydrogen-bond acceptors (Lipinski definition) is 6. The van der Waals surface area contributed by atoms with Crippen LogP contribution >= 0.6 is 0 Å². The molecule has 0 spiro atoms. The zero-order valence-corrected chi connectivity index (χ0v) is 5.07. The van der Waals surface area contributed by atoms with Crippen molar-refractivity contribution >= 4 is 11.7 Å². The van der Waals surface area contributed by atoms with E-state index in [0.717, 1.165) is 0 Å². The Bertz CT molecular complexity index is 238. The van der Waals surface area contributed by atoms with Gasteiger partial charge in [0.1, 0.15) is 5.84 Å². The van der Waals surface area contributed by atoms with Gasteiger partial charge >= 0.3 is 0 Å². The Morgan fingerprint density at radius 3 is 3.30 bits per heavy atom. The number of hydrazone groups is 2. The van der Waals surface area contributed by atoms with Crippen LogP contribution in [0.2, 0.25) is 0 Å². The lowest BCUT2D eigenvalue weighted by Gasteiger charge is -2.12. The van der Waals surface area contributed by atoms with Crippen LogP contribution in [-0.4, -0.2) is 16.8 Å². The summed E-state index contributed by atoms with van der Waals surface area (Å²) in [7, 11) is 0. The zero-order chi connectivity index (χ0) is 6.97. The molecule has 0 bridgehead atoms. The van der Waals surface area contributed by atoms with E-state index in [1.165, 1.54) is 5.12 Å². The molecule has 0 atom stereocenters. The van der Waals surface area contributed by atoms with Gasteiger partial charge in [-0.1, -0.05) is 0 Å². The Morgan fingerprint density at radius 1 is 1.50 bits per heavy atom. The van der Waals surface area contributed by atoms with Crippen molar-refractivity contribution in [1.29, 1.82) is 0 Å². The topological polar surface area (TPSA) is 78.0 Å². The van der Waals surface area contributed by atoms with Crippen LogP contribution in [0.25, 0.3) is 0 Å². The summed E-state index contributed by atoms with van der Waals surface area (Å²) in [5, 5.41) is 9.16. The van der Waals surface area contributed by atoms with Gasteiger partial charge in [0.25, 0.3) is 0 Å². The van der Waals surface area contributed by atoms with Crippen molar-refractivity contribution < 1.29 is 0 Å². The molecule has 2 aliphatic heterocycles. The molecule has 0 radical (unpaired) electrons. The van der Waals surface area contributed by atoms with E-state index < -0.39 is 0 Å². The van der Waals surface area contributed by atoms with Crippen molar-refractivity contribution in [2.24, 2.45) is 15.9 Å². The lowest BCUT2D eigenvalue weighted by molar-refractivity contribution is 0.308. The maximum absolute atomic E-state index is 5.39. The summed E-state index contributed by atoms with van der Waals surface area (Å²) in [6.45, 7) is 0. The highest BCUT2D eigenvalue weighted by atomic mass is 15.9. The maximum atomic E-state index is 5.39. The summed E-state index contributed by atoms with van der Waals surface area (Å²) in [5.74, 6) is 1.16. The lowest BCUT2D eigenvalue weighted by Crippen LogP contribution is -2.39. The van der Waals surface area contributed by atoms with E-state index >= 15 is 0 Å². The van der Waals surface area contributed by atoms with E-state index in [1.54, 1.807) is 12.2 Å². The molecule has 0 aromatic carbocycles. The summed E-state index contributed by atoms with van der Waals surface area (Å²) in [6.07, 6.45) is 3.44. The molecule has 4 N–H and O–H groups in total. The first kappa shape index (κ1) is 5.24. The Morgan fingerprint density at radius 2 is 2.40 bits per heavy atom. The van der Waals surface area contributed by atoms with Crippen molar-refractivity contribution in [3.8, 4) is 0 Å². The standard InChI is InChI=1S/C4H6N6/c5-3-1-2-4-6-8-9-10(4)7-3/h1-2,8-9H,(H2,5,7). The Kier molecular flexibility index (Phi) is 0.896. The van der Waals surface area contributed by atoms with E-state index in [9.17, 15) is 0 Å². The van der Waals surface area contributed by atoms with Crippen molar-refractivity contribution in [1.82, 2.24) is 16.2 Å². The molecule has 0 aromatic rings. The van der Waals surface area contributed by atoms with Crippen LogP contribution in [0.15, 0.2) is 22.4 Å². The third-order valence-electron chi connectivity index (χ3n) is 1.16. The van der Waals surface area contributed by atoms with Crippen LogP contribution in [0.3, 0.4) is 0 Å². The molecule has 2 rings (SSSR count). The normalized spacial score (nSPS) is 21.4. The predicted octanol–water partition coefficient (Wildman–Crippen LogP) is -1.53. The molecular formula is C4H6N6. The van der Waals surface area contributed by atoms with Crippen molar-refractivity contribution in [3.05, 3.63) is 12.2 Å². The second-order valence-electron chi connectivity index (χ2n) is 1.86. The highest BCUT2D eigenvalue weighted by Gasteiger charge is 2.15. The third-order valence-corrected chi connectivity index (χ3v) is 1.16. The highest BCUT2D eigenvalue weighted by molar-refractivity contribution is 6.04. The fraction of sp³-hybridized carbons (Fsp3) is 0. The van der Waals surface area contributed by atoms with Gasteiger partial charge in [-0.3, -0.25) is 0 Å². The number of nitrogens with one attached hydrogen (secondary N) is 2. The molecule has 52 valence electrons. The van der Waals surface area contributed by atoms with Crippen molar-refractivity contribution in [2.45, 2.75) is 0 Å². The molecule has 6 nitrogen and oxygen atoms in total. The van der Waals surface area contributed by atoms with Gasteiger partial charge in [-0.15, -0.1) is 15.7 Å². The molecule has 0 saturated heterocycles. The molecule has 2 heterocycles. The Balaban J connectivity index is 2.32. The van der Waals surface area contributed by atoms with E-state index in [-0.39, 0.29) is 0 Å². The summed E-state index contributed by atoms with van der Waals surface area (Å²) in [5.41, 5.74) is 10.6. The molecule has 2 aliphatic rings. The van der Waals surface area contributed by atoms with Gasteiger partial charge in [-0.05, 0) is 12.2 Å². The SMILES string of the molecule is NC1=NN2NNN=C2C=C1. The molecular weight excluding hydrogens is 132 g/mol. The number of nitrogens with zero attached hydrogens (tertiary/aromatic N) is 3. The molecule has 0 unspecified atom stereocenters. The zero-order valence-electron chi connectivity index (χ0n) is 5.07. The van der Waals surface area contributed by atoms with Gasteiger partial charge in [0.05, 0.1) is 0 Å². The molecule has 10 heavy (non-hydrogen) atoms. The number of hydrogen-bond donors (Lipinski definition) is 3. The molecule has 0 aromatic heterocycles. The summed E-state index contributed by atoms with van der Waals surface area (Å²) in [6, 6.07) is 0. The van der Waals surface area contributed by atoms with E-state index in [0.29, 0.717) is 11.7 Å². The molecule has 0 saturated carbocycles. The average molecular weight is 138 g/mol. The van der Waals surface area contributed by atoms with Gasteiger partial charge in [0.2, 0.25) is 0 Å². The van der Waals surface area contributed by atoms with Crippen LogP contribution < -0.4 is 16.8 Å². The smallest absolute Gasteiger partial charge is 0.189 e. The second-order valence-corrected chi connectivity index (χ2v) is 1.86. The minimum Gasteiger partial charge on any atom is -0.382 e. The summed E-state index contributed by atoms with van der Waals surface area (Å²) < 4.78 is 0. The number of hydrazine groups is 2. The molecule has 6 heteroatoms. The third kappa shape index (κ3) is 0.627. The van der Waals surface area contributed by atoms with Crippen molar-refractivity contribution in [2.75, 3.05) is 0 Å². The van der Waals surface area contributed by atoms with E-state index in [1.807, 2.05) is 0 Å². The number of fused-ring (bicyclic) bond motifs is 1. The van der Waals surface area contributed by atoms with Crippen LogP contribution in [-0.2, 0) is 0 Å². The van der Waals surface area contributed by atoms with Crippen molar-refractivity contribution in [3.63, 3.8) is 0 Å². The monoisotopic (exact) mass is 138 g/mol. The van der Waals surface area contributed by atoms with Crippen LogP contribution in [0.5, 0.6) is 0 Å². The van der Waals surface area contributed by atoms with Crippen LogP contribution in [0.4, 0.5) is 0 Å². The van der Waals surface area contributed by atoms with Crippen LogP contribution in [0.1, 0.15) is 0 Å². The van der Waals surface area contributed by atoms with Gasteiger partial charge in [-0.25, -0.2) is 5.53 Å². The quantitative estimate of drug-likeness (QED) is 0.379. The lowest BCUT2D eigenvalue weighted by atomic mass is 10.4. The highest BCUT2D eigenvalue weighted by Crippen LogP contribution is 1.99. The second kappa shape index (κ2) is 1.71. The fourth-order valence-corrected chi connectivity index (χ4v) is 0.727. The number of amidine groups is 2. The van der Waals surface area contributed by atoms with E-state index in [4.69, 9.17) is 5.73 Å². The minimum absolute atomic E-state index is 0.454. The predicted molar refractivity (Wildman–Crippen MR) is 36.3 cm³/mol. The molecule has 0 amide bonds. The summed E-state index contributed by atoms with van der Waals surface area (Å²) in [4.78, 5) is 0. The van der Waals surface area contributed by atoms with Gasteiger partial charge in [0.15, 0.2) is 5.84 Å². The van der Waals surface area contributed by atoms with E-state index in [2.05, 4.69) is 21.3 Å². The minimum atomic E-state index is 0.454. The molecule has 0 fully saturated rings. The fourth-order valence-electron chi connectivity index (χ4n) is 0.727. The Hall–Kier alpha value is -1.56. The molecule has 0 aliphatic carbocycles.